The van der Waals surface area contributed by atoms with Gasteiger partial charge in [-0.1, -0.05) is 12.1 Å². The second kappa shape index (κ2) is 5.69. The van der Waals surface area contributed by atoms with E-state index in [1.807, 2.05) is 0 Å². The Morgan fingerprint density at radius 2 is 2.38 bits per heavy atom. The Morgan fingerprint density at radius 3 is 2.88 bits per heavy atom. The van der Waals surface area contributed by atoms with Gasteiger partial charge in [0.1, 0.15) is 6.04 Å². The molecule has 0 radical (unpaired) electrons. The molecule has 2 amide bonds. The topological polar surface area (TPSA) is 117 Å². The van der Waals surface area contributed by atoms with Crippen LogP contribution >= 0.6 is 0 Å². The molecular formula is C8H12N4O4. The van der Waals surface area contributed by atoms with Crippen molar-refractivity contribution in [2.75, 3.05) is 0 Å². The van der Waals surface area contributed by atoms with E-state index in [1.165, 1.54) is 0 Å². The Kier molecular flexibility index (Phi) is 4.25. The largest absolute Gasteiger partial charge is 0.480 e. The van der Waals surface area contributed by atoms with Gasteiger partial charge in [-0.2, -0.15) is 4.98 Å². The molecule has 1 aromatic heterocycles. The molecular weight excluding hydrogens is 216 g/mol. The van der Waals surface area contributed by atoms with Gasteiger partial charge in [0.05, 0.1) is 6.54 Å². The summed E-state index contributed by atoms with van der Waals surface area (Å²) in [5.41, 5.74) is 0. The number of urea groups is 1. The van der Waals surface area contributed by atoms with Crippen LogP contribution in [0.4, 0.5) is 4.79 Å². The van der Waals surface area contributed by atoms with E-state index in [0.717, 1.165) is 6.39 Å². The molecule has 8 nitrogen and oxygen atoms in total. The maximum absolute atomic E-state index is 11.2. The predicted octanol–water partition coefficient (Wildman–Crippen LogP) is -0.268. The van der Waals surface area contributed by atoms with Gasteiger partial charge in [-0.3, -0.25) is 0 Å². The molecule has 0 aliphatic heterocycles. The second-order valence-electron chi connectivity index (χ2n) is 2.97. The summed E-state index contributed by atoms with van der Waals surface area (Å²) in [7, 11) is 0. The quantitative estimate of drug-likeness (QED) is 0.638. The van der Waals surface area contributed by atoms with Crippen LogP contribution in [0.2, 0.25) is 0 Å². The van der Waals surface area contributed by atoms with Gasteiger partial charge in [-0.25, -0.2) is 9.59 Å². The summed E-state index contributed by atoms with van der Waals surface area (Å²) >= 11 is 0. The molecule has 8 heteroatoms. The molecule has 0 bridgehead atoms. The molecule has 0 aliphatic rings. The first-order valence-corrected chi connectivity index (χ1v) is 4.66. The normalized spacial score (nSPS) is 11.8. The molecule has 0 spiro atoms. The monoisotopic (exact) mass is 228 g/mol. The van der Waals surface area contributed by atoms with Gasteiger partial charge < -0.3 is 20.3 Å². The number of carbonyl (C=O) groups excluding carboxylic acids is 1. The first-order valence-electron chi connectivity index (χ1n) is 4.66. The Hall–Kier alpha value is -2.12. The van der Waals surface area contributed by atoms with Crippen molar-refractivity contribution in [1.29, 1.82) is 0 Å². The highest BCUT2D eigenvalue weighted by atomic mass is 16.5. The minimum absolute atomic E-state index is 0.0817. The predicted molar refractivity (Wildman–Crippen MR) is 51.4 cm³/mol. The molecule has 0 fully saturated rings. The van der Waals surface area contributed by atoms with E-state index in [0.29, 0.717) is 12.2 Å². The van der Waals surface area contributed by atoms with Gasteiger partial charge in [0.2, 0.25) is 6.39 Å². The maximum atomic E-state index is 11.2. The summed E-state index contributed by atoms with van der Waals surface area (Å²) in [6.45, 7) is 1.75. The minimum atomic E-state index is -1.07. The SMILES string of the molecule is CCC(NC(=O)NCc1ncon1)C(=O)O. The average molecular weight is 228 g/mol. The Bertz CT molecular complexity index is 351. The lowest BCUT2D eigenvalue weighted by atomic mass is 10.2. The van der Waals surface area contributed by atoms with E-state index in [2.05, 4.69) is 25.3 Å². The molecule has 1 atom stereocenters. The molecule has 0 saturated heterocycles. The van der Waals surface area contributed by atoms with Gasteiger partial charge in [-0.15, -0.1) is 0 Å². The highest BCUT2D eigenvalue weighted by Crippen LogP contribution is 1.91. The number of nitrogens with zero attached hydrogens (tertiary/aromatic N) is 2. The summed E-state index contributed by atoms with van der Waals surface area (Å²) in [5, 5.41) is 16.9. The van der Waals surface area contributed by atoms with Crippen molar-refractivity contribution in [3.05, 3.63) is 12.2 Å². The highest BCUT2D eigenvalue weighted by Gasteiger charge is 2.17. The molecule has 3 N–H and O–H groups in total. The third-order valence-corrected chi connectivity index (χ3v) is 1.83. The van der Waals surface area contributed by atoms with Crippen LogP contribution in [-0.4, -0.2) is 33.3 Å². The van der Waals surface area contributed by atoms with Crippen LogP contribution in [-0.2, 0) is 11.3 Å². The van der Waals surface area contributed by atoms with Gasteiger partial charge >= 0.3 is 12.0 Å². The lowest BCUT2D eigenvalue weighted by Crippen LogP contribution is -2.45. The Balaban J connectivity index is 2.33. The number of aliphatic carboxylic acids is 1. The molecule has 88 valence electrons. The number of carboxylic acid groups (broad SMARTS) is 1. The number of hydrogen-bond acceptors (Lipinski definition) is 5. The maximum Gasteiger partial charge on any atom is 0.326 e. The fourth-order valence-electron chi connectivity index (χ4n) is 0.977. The summed E-state index contributed by atoms with van der Waals surface area (Å²) in [5.74, 6) is -0.754. The van der Waals surface area contributed by atoms with Crippen molar-refractivity contribution < 1.29 is 19.2 Å². The molecule has 1 heterocycles. The van der Waals surface area contributed by atoms with E-state index >= 15 is 0 Å². The van der Waals surface area contributed by atoms with E-state index < -0.39 is 18.0 Å². The smallest absolute Gasteiger partial charge is 0.326 e. The zero-order valence-corrected chi connectivity index (χ0v) is 8.64. The number of rotatable bonds is 5. The summed E-state index contributed by atoms with van der Waals surface area (Å²) in [6.07, 6.45) is 1.45. The van der Waals surface area contributed by atoms with Crippen LogP contribution in [0, 0.1) is 0 Å². The number of carbonyl (C=O) groups is 2. The van der Waals surface area contributed by atoms with Gasteiger partial charge in [-0.05, 0) is 6.42 Å². The third-order valence-electron chi connectivity index (χ3n) is 1.83. The number of aromatic nitrogens is 2. The van der Waals surface area contributed by atoms with Gasteiger partial charge in [0, 0.05) is 0 Å². The van der Waals surface area contributed by atoms with Crippen LogP contribution in [0.5, 0.6) is 0 Å². The number of amides is 2. The van der Waals surface area contributed by atoms with Crippen molar-refractivity contribution in [2.45, 2.75) is 25.9 Å². The van der Waals surface area contributed by atoms with Crippen molar-refractivity contribution in [3.8, 4) is 0 Å². The van der Waals surface area contributed by atoms with Crippen molar-refractivity contribution in [2.24, 2.45) is 0 Å². The number of carboxylic acids is 1. The van der Waals surface area contributed by atoms with Crippen molar-refractivity contribution in [3.63, 3.8) is 0 Å². The van der Waals surface area contributed by atoms with E-state index in [-0.39, 0.29) is 6.54 Å². The fraction of sp³-hybridized carbons (Fsp3) is 0.500. The summed E-state index contributed by atoms with van der Waals surface area (Å²) in [4.78, 5) is 25.5. The minimum Gasteiger partial charge on any atom is -0.480 e. The molecule has 0 aliphatic carbocycles. The standard InChI is InChI=1S/C8H12N4O4/c1-2-5(7(13)14)11-8(15)9-3-6-10-4-16-12-6/h4-5H,2-3H2,1H3,(H,13,14)(H2,9,11,15). The zero-order chi connectivity index (χ0) is 12.0. The van der Waals surface area contributed by atoms with Crippen LogP contribution in [0.15, 0.2) is 10.9 Å². The molecule has 0 saturated carbocycles. The van der Waals surface area contributed by atoms with Crippen LogP contribution in [0.25, 0.3) is 0 Å². The third kappa shape index (κ3) is 3.56. The van der Waals surface area contributed by atoms with Gasteiger partial charge in [0.15, 0.2) is 5.82 Å². The zero-order valence-electron chi connectivity index (χ0n) is 8.64. The molecule has 1 aromatic rings. The van der Waals surface area contributed by atoms with Crippen LogP contribution in [0.3, 0.4) is 0 Å². The first kappa shape index (κ1) is 12.0. The Labute approximate surface area is 91.0 Å². The van der Waals surface area contributed by atoms with E-state index in [1.54, 1.807) is 6.92 Å². The van der Waals surface area contributed by atoms with Crippen molar-refractivity contribution >= 4 is 12.0 Å². The lowest BCUT2D eigenvalue weighted by Gasteiger charge is -2.12. The average Bonchev–Trinajstić information content (AvgIpc) is 2.75. The fourth-order valence-corrected chi connectivity index (χ4v) is 0.977. The van der Waals surface area contributed by atoms with Gasteiger partial charge in [0.25, 0.3) is 0 Å². The van der Waals surface area contributed by atoms with E-state index in [4.69, 9.17) is 5.11 Å². The number of nitrogens with one attached hydrogen (secondary N) is 2. The lowest BCUT2D eigenvalue weighted by molar-refractivity contribution is -0.139. The molecule has 1 unspecified atom stereocenters. The van der Waals surface area contributed by atoms with Crippen LogP contribution < -0.4 is 10.6 Å². The summed E-state index contributed by atoms with van der Waals surface area (Å²) in [6, 6.07) is -1.48. The highest BCUT2D eigenvalue weighted by molar-refractivity contribution is 5.82. The summed E-state index contributed by atoms with van der Waals surface area (Å²) < 4.78 is 4.46. The first-order chi connectivity index (χ1) is 7.63. The molecule has 16 heavy (non-hydrogen) atoms. The van der Waals surface area contributed by atoms with Crippen LogP contribution in [0.1, 0.15) is 19.2 Å². The Morgan fingerprint density at radius 1 is 1.62 bits per heavy atom. The second-order valence-corrected chi connectivity index (χ2v) is 2.97. The van der Waals surface area contributed by atoms with E-state index in [9.17, 15) is 9.59 Å². The number of hydrogen-bond donors (Lipinski definition) is 3. The molecule has 1 rings (SSSR count). The molecule has 0 aromatic carbocycles. The van der Waals surface area contributed by atoms with Crippen molar-refractivity contribution in [1.82, 2.24) is 20.8 Å².